The first kappa shape index (κ1) is 25.8. The van der Waals surface area contributed by atoms with Gasteiger partial charge < -0.3 is 15.2 Å². The van der Waals surface area contributed by atoms with Crippen LogP contribution in [0.25, 0.3) is 10.8 Å². The first-order valence-corrected chi connectivity index (χ1v) is 12.5. The average molecular weight is 497 g/mol. The largest absolute Gasteiger partial charge is 0.492 e. The molecule has 0 unspecified atom stereocenters. The molecule has 0 bridgehead atoms. The van der Waals surface area contributed by atoms with Gasteiger partial charge in [-0.2, -0.15) is 5.26 Å². The number of ether oxygens (including phenoxy) is 2. The van der Waals surface area contributed by atoms with Crippen LogP contribution in [0, 0.1) is 34.7 Å². The van der Waals surface area contributed by atoms with E-state index in [1.54, 1.807) is 12.1 Å². The number of rotatable bonds is 9. The smallest absolute Gasteiger partial charge is 0.161 e. The molecule has 1 aliphatic heterocycles. The van der Waals surface area contributed by atoms with Crippen molar-refractivity contribution in [3.63, 3.8) is 0 Å². The van der Waals surface area contributed by atoms with Gasteiger partial charge in [-0.25, -0.2) is 13.2 Å². The number of nitrogens with zero attached hydrogens (tertiary/aromatic N) is 1. The number of fused-ring (bicyclic) bond motifs is 3. The van der Waals surface area contributed by atoms with Crippen molar-refractivity contribution in [3.8, 4) is 17.6 Å². The summed E-state index contributed by atoms with van der Waals surface area (Å²) < 4.78 is 53.8. The van der Waals surface area contributed by atoms with Gasteiger partial charge in [0.15, 0.2) is 11.6 Å². The lowest BCUT2D eigenvalue weighted by molar-refractivity contribution is 0.149. The molecule has 1 aliphatic rings. The topological polar surface area (TPSA) is 68.3 Å². The lowest BCUT2D eigenvalue weighted by Gasteiger charge is -2.32. The van der Waals surface area contributed by atoms with Crippen molar-refractivity contribution >= 4 is 10.8 Å². The Balaban J connectivity index is 1.63. The highest BCUT2D eigenvalue weighted by molar-refractivity contribution is 5.91. The molecule has 0 amide bonds. The van der Waals surface area contributed by atoms with Gasteiger partial charge in [0, 0.05) is 17.2 Å². The normalized spacial score (nSPS) is 17.1. The molecule has 2 N–H and O–H groups in total. The number of nitrogens with two attached hydrogens (primary N) is 1. The summed E-state index contributed by atoms with van der Waals surface area (Å²) in [5.41, 5.74) is 7.49. The molecule has 0 fully saturated rings. The van der Waals surface area contributed by atoms with Gasteiger partial charge in [0.25, 0.3) is 0 Å². The first-order chi connectivity index (χ1) is 17.4. The van der Waals surface area contributed by atoms with Crippen molar-refractivity contribution in [1.29, 1.82) is 5.26 Å². The summed E-state index contributed by atoms with van der Waals surface area (Å²) in [5.74, 6) is -1.73. The molecule has 0 saturated carbocycles. The summed E-state index contributed by atoms with van der Waals surface area (Å²) in [7, 11) is 0. The summed E-state index contributed by atoms with van der Waals surface area (Å²) >= 11 is 0. The van der Waals surface area contributed by atoms with Gasteiger partial charge in [0.05, 0.1) is 18.2 Å². The Kier molecular flexibility index (Phi) is 8.05. The van der Waals surface area contributed by atoms with E-state index in [0.29, 0.717) is 42.1 Å². The average Bonchev–Trinajstić information content (AvgIpc) is 2.86. The van der Waals surface area contributed by atoms with Gasteiger partial charge in [-0.15, -0.1) is 0 Å². The minimum absolute atomic E-state index is 0.121. The third-order valence-corrected chi connectivity index (χ3v) is 6.92. The van der Waals surface area contributed by atoms with Crippen LogP contribution in [0.1, 0.15) is 68.7 Å². The van der Waals surface area contributed by atoms with E-state index in [2.05, 4.69) is 19.9 Å². The van der Waals surface area contributed by atoms with Crippen molar-refractivity contribution in [2.24, 2.45) is 11.7 Å². The van der Waals surface area contributed by atoms with Gasteiger partial charge in [0.2, 0.25) is 0 Å². The molecule has 0 saturated heterocycles. The Morgan fingerprint density at radius 3 is 2.44 bits per heavy atom. The molecule has 0 aliphatic carbocycles. The van der Waals surface area contributed by atoms with Crippen LogP contribution in [0.2, 0.25) is 0 Å². The lowest BCUT2D eigenvalue weighted by atomic mass is 9.89. The fraction of sp³-hybridized carbons (Fsp3) is 0.414. The highest BCUT2D eigenvalue weighted by Gasteiger charge is 2.33. The standard InChI is InChI=1S/C29H31F3N2O2/c1-3-5-17(6-4-2)9-10-35-28-14-20-18(11-19(28)16-33)7-8-27-21(20)13-26(34)29(36-27)22-12-24(31)25(32)15-23(22)30/h7-8,11-12,14-15,17,26,29H,3-6,9-10,13,34H2,1-2H3/t26-,29+/m1/s1. The maximum Gasteiger partial charge on any atom is 0.161 e. The van der Waals surface area contributed by atoms with Gasteiger partial charge in [-0.05, 0) is 53.8 Å². The second kappa shape index (κ2) is 11.2. The van der Waals surface area contributed by atoms with E-state index < -0.39 is 29.6 Å². The van der Waals surface area contributed by atoms with Crippen LogP contribution in [0.5, 0.6) is 11.5 Å². The van der Waals surface area contributed by atoms with Gasteiger partial charge in [-0.3, -0.25) is 0 Å². The van der Waals surface area contributed by atoms with E-state index in [1.807, 2.05) is 12.1 Å². The number of benzene rings is 3. The molecule has 0 radical (unpaired) electrons. The number of hydrogen-bond donors (Lipinski definition) is 1. The zero-order valence-corrected chi connectivity index (χ0v) is 20.6. The zero-order valence-electron chi connectivity index (χ0n) is 20.6. The molecular formula is C29H31F3N2O2. The molecular weight excluding hydrogens is 465 g/mol. The minimum atomic E-state index is -1.26. The molecule has 0 spiro atoms. The molecule has 7 heteroatoms. The second-order valence-corrected chi connectivity index (χ2v) is 9.50. The van der Waals surface area contributed by atoms with Crippen molar-refractivity contribution in [3.05, 3.63) is 70.5 Å². The van der Waals surface area contributed by atoms with Gasteiger partial charge in [-0.1, -0.05) is 45.6 Å². The van der Waals surface area contributed by atoms with E-state index >= 15 is 0 Å². The molecule has 4 rings (SSSR count). The fourth-order valence-corrected chi connectivity index (χ4v) is 5.12. The van der Waals surface area contributed by atoms with E-state index in [1.165, 1.54) is 0 Å². The van der Waals surface area contributed by atoms with Crippen LogP contribution in [0.15, 0.2) is 36.4 Å². The summed E-state index contributed by atoms with van der Waals surface area (Å²) in [5, 5.41) is 11.4. The van der Waals surface area contributed by atoms with Crippen LogP contribution in [0.3, 0.4) is 0 Å². The van der Waals surface area contributed by atoms with Crippen LogP contribution < -0.4 is 15.2 Å². The highest BCUT2D eigenvalue weighted by Crippen LogP contribution is 2.41. The highest BCUT2D eigenvalue weighted by atomic mass is 19.2. The third-order valence-electron chi connectivity index (χ3n) is 6.92. The predicted octanol–water partition coefficient (Wildman–Crippen LogP) is 7.12. The molecule has 2 atom stereocenters. The maximum atomic E-state index is 14.4. The summed E-state index contributed by atoms with van der Waals surface area (Å²) in [6, 6.07) is 10.0. The third kappa shape index (κ3) is 5.29. The molecule has 190 valence electrons. The minimum Gasteiger partial charge on any atom is -0.492 e. The number of halogens is 3. The monoisotopic (exact) mass is 496 g/mol. The van der Waals surface area contributed by atoms with Crippen molar-refractivity contribution in [1.82, 2.24) is 0 Å². The van der Waals surface area contributed by atoms with Crippen LogP contribution in [-0.2, 0) is 6.42 Å². The predicted molar refractivity (Wildman–Crippen MR) is 133 cm³/mol. The fourth-order valence-electron chi connectivity index (χ4n) is 5.12. The zero-order chi connectivity index (χ0) is 25.8. The first-order valence-electron chi connectivity index (χ1n) is 12.5. The van der Waals surface area contributed by atoms with Crippen LogP contribution in [0.4, 0.5) is 13.2 Å². The number of nitriles is 1. The van der Waals surface area contributed by atoms with E-state index in [9.17, 15) is 18.4 Å². The quantitative estimate of drug-likeness (QED) is 0.320. The Labute approximate surface area is 209 Å². The summed E-state index contributed by atoms with van der Waals surface area (Å²) in [4.78, 5) is 0. The SMILES string of the molecule is CCCC(CCC)CCOc1cc2c3c(ccc2cc1C#N)O[C@@H](c1cc(F)c(F)cc1F)[C@H](N)C3. The number of hydrogen-bond acceptors (Lipinski definition) is 4. The molecule has 0 aromatic heterocycles. The van der Waals surface area contributed by atoms with Crippen LogP contribution >= 0.6 is 0 Å². The van der Waals surface area contributed by atoms with E-state index in [4.69, 9.17) is 15.2 Å². The van der Waals surface area contributed by atoms with Crippen molar-refractivity contribution in [2.75, 3.05) is 6.61 Å². The maximum absolute atomic E-state index is 14.4. The van der Waals surface area contributed by atoms with Crippen LogP contribution in [-0.4, -0.2) is 12.6 Å². The van der Waals surface area contributed by atoms with E-state index in [0.717, 1.165) is 54.5 Å². The van der Waals surface area contributed by atoms with Gasteiger partial charge in [0.1, 0.15) is 29.5 Å². The Morgan fingerprint density at radius 1 is 1.03 bits per heavy atom. The second-order valence-electron chi connectivity index (χ2n) is 9.50. The molecule has 3 aromatic rings. The van der Waals surface area contributed by atoms with Crippen molar-refractivity contribution in [2.45, 2.75) is 64.5 Å². The summed E-state index contributed by atoms with van der Waals surface area (Å²) in [6.45, 7) is 4.89. The molecule has 36 heavy (non-hydrogen) atoms. The molecule has 3 aromatic carbocycles. The van der Waals surface area contributed by atoms with Gasteiger partial charge >= 0.3 is 0 Å². The molecule has 1 heterocycles. The summed E-state index contributed by atoms with van der Waals surface area (Å²) in [6.07, 6.45) is 4.86. The Bertz CT molecular complexity index is 1280. The van der Waals surface area contributed by atoms with Crippen molar-refractivity contribution < 1.29 is 22.6 Å². The van der Waals surface area contributed by atoms with E-state index in [-0.39, 0.29) is 5.56 Å². The Morgan fingerprint density at radius 2 is 1.75 bits per heavy atom. The molecule has 4 nitrogen and oxygen atoms in total. The Hall–Kier alpha value is -3.24. The lowest BCUT2D eigenvalue weighted by Crippen LogP contribution is -2.38.